The highest BCUT2D eigenvalue weighted by Gasteiger charge is 2.43. The number of carbonyl (C=O) groups is 3. The van der Waals surface area contributed by atoms with Gasteiger partial charge in [-0.1, -0.05) is 6.92 Å². The topological polar surface area (TPSA) is 60.4 Å². The number of hydrogen-bond donors (Lipinski definition) is 0. The number of ketones is 1. The van der Waals surface area contributed by atoms with Crippen molar-refractivity contribution >= 4 is 17.7 Å². The summed E-state index contributed by atoms with van der Waals surface area (Å²) in [6, 6.07) is 0. The van der Waals surface area contributed by atoms with Crippen LogP contribution in [0.1, 0.15) is 13.8 Å². The van der Waals surface area contributed by atoms with Crippen molar-refractivity contribution in [2.45, 2.75) is 13.8 Å². The van der Waals surface area contributed by atoms with Gasteiger partial charge in [-0.3, -0.25) is 14.4 Å². The lowest BCUT2D eigenvalue weighted by molar-refractivity contribution is -0.153. The summed E-state index contributed by atoms with van der Waals surface area (Å²) in [5, 5.41) is 0. The summed E-state index contributed by atoms with van der Waals surface area (Å²) in [4.78, 5) is 32.2. The largest absolute Gasteiger partial charge is 0.392 e. The average molecular weight is 156 g/mol. The number of Topliss-reactive ketones (excluding diaryl/α,β-unsaturated/α-hetero) is 1. The van der Waals surface area contributed by atoms with Crippen LogP contribution >= 0.6 is 0 Å². The molecule has 11 heavy (non-hydrogen) atoms. The fourth-order valence-electron chi connectivity index (χ4n) is 1.11. The van der Waals surface area contributed by atoms with Crippen LogP contribution in [0.25, 0.3) is 0 Å². The molecule has 60 valence electrons. The van der Waals surface area contributed by atoms with Gasteiger partial charge in [-0.15, -0.1) is 0 Å². The third-order valence-corrected chi connectivity index (χ3v) is 1.76. The lowest BCUT2D eigenvalue weighted by Gasteiger charge is -2.01. The standard InChI is InChI=1S/C7H8O4/c1-3-5(4(2)8)7(10)11-6(3)9/h3,5H,1-2H3. The van der Waals surface area contributed by atoms with Gasteiger partial charge in [0.1, 0.15) is 11.7 Å². The molecule has 1 heterocycles. The summed E-state index contributed by atoms with van der Waals surface area (Å²) in [6.45, 7) is 2.79. The predicted molar refractivity (Wildman–Crippen MR) is 34.4 cm³/mol. The number of hydrogen-bond acceptors (Lipinski definition) is 4. The predicted octanol–water partition coefficient (Wildman–Crippen LogP) is -0.0889. The molecule has 0 aliphatic carbocycles. The Kier molecular flexibility index (Phi) is 1.76. The molecule has 0 amide bonds. The number of ether oxygens (including phenoxy) is 1. The highest BCUT2D eigenvalue weighted by molar-refractivity contribution is 6.08. The van der Waals surface area contributed by atoms with Crippen LogP contribution in [0.15, 0.2) is 0 Å². The van der Waals surface area contributed by atoms with Crippen molar-refractivity contribution in [3.63, 3.8) is 0 Å². The van der Waals surface area contributed by atoms with E-state index in [1.54, 1.807) is 0 Å². The van der Waals surface area contributed by atoms with Crippen LogP contribution < -0.4 is 0 Å². The highest BCUT2D eigenvalue weighted by Crippen LogP contribution is 2.23. The molecule has 2 atom stereocenters. The van der Waals surface area contributed by atoms with E-state index >= 15 is 0 Å². The SMILES string of the molecule is CC(=O)C1C(=O)OC(=O)C1C. The summed E-state index contributed by atoms with van der Waals surface area (Å²) < 4.78 is 4.25. The zero-order valence-electron chi connectivity index (χ0n) is 6.29. The second-order valence-electron chi connectivity index (χ2n) is 2.62. The first-order valence-electron chi connectivity index (χ1n) is 3.30. The van der Waals surface area contributed by atoms with Gasteiger partial charge in [-0.05, 0) is 6.92 Å². The van der Waals surface area contributed by atoms with E-state index in [0.717, 1.165) is 0 Å². The minimum atomic E-state index is -0.873. The summed E-state index contributed by atoms with van der Waals surface area (Å²) >= 11 is 0. The Morgan fingerprint density at radius 3 is 2.09 bits per heavy atom. The smallest absolute Gasteiger partial charge is 0.324 e. The monoisotopic (exact) mass is 156 g/mol. The first-order chi connectivity index (χ1) is 5.04. The first-order valence-corrected chi connectivity index (χ1v) is 3.30. The van der Waals surface area contributed by atoms with Crippen LogP contribution in [0.2, 0.25) is 0 Å². The van der Waals surface area contributed by atoms with Crippen LogP contribution in [0.3, 0.4) is 0 Å². The maximum Gasteiger partial charge on any atom is 0.324 e. The molecular weight excluding hydrogens is 148 g/mol. The fraction of sp³-hybridized carbons (Fsp3) is 0.571. The molecule has 1 saturated heterocycles. The van der Waals surface area contributed by atoms with Crippen LogP contribution in [0.4, 0.5) is 0 Å². The Morgan fingerprint density at radius 2 is 1.91 bits per heavy atom. The molecule has 4 nitrogen and oxygen atoms in total. The van der Waals surface area contributed by atoms with Gasteiger partial charge in [0, 0.05) is 0 Å². The van der Waals surface area contributed by atoms with E-state index in [4.69, 9.17) is 0 Å². The zero-order valence-corrected chi connectivity index (χ0v) is 6.29. The fourth-order valence-corrected chi connectivity index (χ4v) is 1.11. The summed E-state index contributed by atoms with van der Waals surface area (Å²) in [5.74, 6) is -3.11. The maximum atomic E-state index is 10.8. The molecule has 0 aromatic rings. The van der Waals surface area contributed by atoms with Crippen molar-refractivity contribution in [1.29, 1.82) is 0 Å². The Labute approximate surface area is 63.5 Å². The van der Waals surface area contributed by atoms with Crippen LogP contribution in [-0.2, 0) is 19.1 Å². The summed E-state index contributed by atoms with van der Waals surface area (Å²) in [7, 11) is 0. The van der Waals surface area contributed by atoms with Gasteiger partial charge in [0.2, 0.25) is 0 Å². The van der Waals surface area contributed by atoms with Crippen molar-refractivity contribution in [1.82, 2.24) is 0 Å². The third kappa shape index (κ3) is 1.15. The van der Waals surface area contributed by atoms with Crippen molar-refractivity contribution in [2.24, 2.45) is 11.8 Å². The highest BCUT2D eigenvalue weighted by atomic mass is 16.6. The minimum Gasteiger partial charge on any atom is -0.392 e. The van der Waals surface area contributed by atoms with Gasteiger partial charge in [0.25, 0.3) is 0 Å². The van der Waals surface area contributed by atoms with Gasteiger partial charge >= 0.3 is 11.9 Å². The quantitative estimate of drug-likeness (QED) is 0.393. The van der Waals surface area contributed by atoms with Crippen LogP contribution in [0, 0.1) is 11.8 Å². The van der Waals surface area contributed by atoms with Crippen molar-refractivity contribution in [3.8, 4) is 0 Å². The van der Waals surface area contributed by atoms with E-state index in [1.165, 1.54) is 13.8 Å². The number of rotatable bonds is 1. The molecule has 0 aromatic heterocycles. The van der Waals surface area contributed by atoms with Crippen LogP contribution in [-0.4, -0.2) is 17.7 Å². The van der Waals surface area contributed by atoms with Crippen molar-refractivity contribution < 1.29 is 19.1 Å². The lowest BCUT2D eigenvalue weighted by Crippen LogP contribution is -2.22. The van der Waals surface area contributed by atoms with E-state index in [2.05, 4.69) is 4.74 Å². The first kappa shape index (κ1) is 7.91. The summed E-state index contributed by atoms with van der Waals surface area (Å²) in [6.07, 6.45) is 0. The maximum absolute atomic E-state index is 10.8. The van der Waals surface area contributed by atoms with Gasteiger partial charge in [0.15, 0.2) is 0 Å². The molecule has 1 fully saturated rings. The molecule has 0 aromatic carbocycles. The molecule has 4 heteroatoms. The van der Waals surface area contributed by atoms with Crippen molar-refractivity contribution in [3.05, 3.63) is 0 Å². The van der Waals surface area contributed by atoms with E-state index in [1.807, 2.05) is 0 Å². The molecule has 2 unspecified atom stereocenters. The lowest BCUT2D eigenvalue weighted by atomic mass is 9.94. The van der Waals surface area contributed by atoms with E-state index < -0.39 is 23.8 Å². The Balaban J connectivity index is 2.88. The third-order valence-electron chi connectivity index (χ3n) is 1.76. The molecule has 1 rings (SSSR count). The molecule has 0 bridgehead atoms. The second-order valence-corrected chi connectivity index (χ2v) is 2.62. The Bertz CT molecular complexity index is 231. The number of carbonyl (C=O) groups excluding carboxylic acids is 3. The van der Waals surface area contributed by atoms with Gasteiger partial charge in [0.05, 0.1) is 5.92 Å². The molecule has 1 aliphatic rings. The molecule has 0 saturated carbocycles. The van der Waals surface area contributed by atoms with Gasteiger partial charge in [-0.25, -0.2) is 0 Å². The normalized spacial score (nSPS) is 30.4. The van der Waals surface area contributed by atoms with E-state index in [9.17, 15) is 14.4 Å². The molecule has 0 spiro atoms. The molecule has 0 radical (unpaired) electrons. The average Bonchev–Trinajstić information content (AvgIpc) is 2.07. The second kappa shape index (κ2) is 2.45. The van der Waals surface area contributed by atoms with Crippen LogP contribution in [0.5, 0.6) is 0 Å². The molecular formula is C7H8O4. The minimum absolute atomic E-state index is 0.312. The Morgan fingerprint density at radius 1 is 1.36 bits per heavy atom. The van der Waals surface area contributed by atoms with E-state index in [0.29, 0.717) is 0 Å². The molecule has 0 N–H and O–H groups in total. The van der Waals surface area contributed by atoms with Crippen molar-refractivity contribution in [2.75, 3.05) is 0 Å². The van der Waals surface area contributed by atoms with E-state index in [-0.39, 0.29) is 5.78 Å². The summed E-state index contributed by atoms with van der Waals surface area (Å²) in [5.41, 5.74) is 0. The Hall–Kier alpha value is -1.19. The van der Waals surface area contributed by atoms with Gasteiger partial charge < -0.3 is 4.74 Å². The zero-order chi connectivity index (χ0) is 8.59. The number of esters is 2. The number of cyclic esters (lactones) is 2. The molecule has 1 aliphatic heterocycles. The van der Waals surface area contributed by atoms with Gasteiger partial charge in [-0.2, -0.15) is 0 Å².